The van der Waals surface area contributed by atoms with Crippen molar-refractivity contribution in [1.82, 2.24) is 4.90 Å². The first-order valence-electron chi connectivity index (χ1n) is 10.9. The van der Waals surface area contributed by atoms with Gasteiger partial charge < -0.3 is 4.90 Å². The van der Waals surface area contributed by atoms with Gasteiger partial charge in [0.2, 0.25) is 5.91 Å². The van der Waals surface area contributed by atoms with Crippen molar-refractivity contribution >= 4 is 5.91 Å². The molecule has 1 heterocycles. The van der Waals surface area contributed by atoms with Crippen LogP contribution in [0.2, 0.25) is 0 Å². The van der Waals surface area contributed by atoms with Gasteiger partial charge >= 0.3 is 0 Å². The van der Waals surface area contributed by atoms with E-state index in [0.29, 0.717) is 11.8 Å². The molecule has 2 unspecified atom stereocenters. The molecule has 24 heavy (non-hydrogen) atoms. The summed E-state index contributed by atoms with van der Waals surface area (Å²) in [6.07, 6.45) is 17.1. The van der Waals surface area contributed by atoms with E-state index in [1.54, 1.807) is 0 Å². The second-order valence-corrected chi connectivity index (χ2v) is 9.44. The molecule has 0 bridgehead atoms. The van der Waals surface area contributed by atoms with Gasteiger partial charge in [-0.2, -0.15) is 0 Å². The van der Waals surface area contributed by atoms with Crippen LogP contribution in [-0.4, -0.2) is 23.9 Å². The molecule has 3 fully saturated rings. The number of likely N-dealkylation sites (tertiary alicyclic amines) is 1. The zero-order valence-electron chi connectivity index (χ0n) is 16.2. The number of hydrogen-bond donors (Lipinski definition) is 0. The van der Waals surface area contributed by atoms with Crippen LogP contribution in [0.4, 0.5) is 0 Å². The Hall–Kier alpha value is -0.530. The van der Waals surface area contributed by atoms with Crippen molar-refractivity contribution in [3.05, 3.63) is 0 Å². The summed E-state index contributed by atoms with van der Waals surface area (Å²) in [4.78, 5) is 15.8. The van der Waals surface area contributed by atoms with Gasteiger partial charge in [0, 0.05) is 18.5 Å². The molecule has 3 rings (SSSR count). The maximum absolute atomic E-state index is 13.5. The summed E-state index contributed by atoms with van der Waals surface area (Å²) in [6, 6.07) is 0. The summed E-state index contributed by atoms with van der Waals surface area (Å²) in [5.41, 5.74) is -0.0524. The molecule has 138 valence electrons. The van der Waals surface area contributed by atoms with Crippen LogP contribution in [0.25, 0.3) is 0 Å². The van der Waals surface area contributed by atoms with Gasteiger partial charge in [-0.15, -0.1) is 0 Å². The molecule has 1 amide bonds. The lowest BCUT2D eigenvalue weighted by molar-refractivity contribution is -0.144. The van der Waals surface area contributed by atoms with Crippen molar-refractivity contribution < 1.29 is 4.79 Å². The second-order valence-electron chi connectivity index (χ2n) is 9.44. The van der Waals surface area contributed by atoms with Gasteiger partial charge in [-0.3, -0.25) is 4.79 Å². The fraction of sp³-hybridized carbons (Fsp3) is 0.955. The number of amides is 1. The molecule has 0 spiro atoms. The Balaban J connectivity index is 1.65. The van der Waals surface area contributed by atoms with E-state index >= 15 is 0 Å². The average Bonchev–Trinajstić information content (AvgIpc) is 2.78. The van der Waals surface area contributed by atoms with E-state index in [-0.39, 0.29) is 5.41 Å². The summed E-state index contributed by atoms with van der Waals surface area (Å²) in [6.45, 7) is 6.79. The van der Waals surface area contributed by atoms with Crippen LogP contribution in [0.3, 0.4) is 0 Å². The summed E-state index contributed by atoms with van der Waals surface area (Å²) >= 11 is 0. The lowest BCUT2D eigenvalue weighted by atomic mass is 9.71. The summed E-state index contributed by atoms with van der Waals surface area (Å²) < 4.78 is 0. The summed E-state index contributed by atoms with van der Waals surface area (Å²) in [5, 5.41) is 0. The van der Waals surface area contributed by atoms with Crippen LogP contribution in [0, 0.1) is 23.2 Å². The van der Waals surface area contributed by atoms with Gasteiger partial charge in [-0.05, 0) is 56.3 Å². The van der Waals surface area contributed by atoms with Crippen molar-refractivity contribution in [2.24, 2.45) is 23.2 Å². The largest absolute Gasteiger partial charge is 0.342 e. The van der Waals surface area contributed by atoms with Crippen LogP contribution in [0.5, 0.6) is 0 Å². The molecule has 0 radical (unpaired) electrons. The van der Waals surface area contributed by atoms with Gasteiger partial charge in [0.15, 0.2) is 0 Å². The van der Waals surface area contributed by atoms with Crippen molar-refractivity contribution in [3.63, 3.8) is 0 Å². The third kappa shape index (κ3) is 4.17. The lowest BCUT2D eigenvalue weighted by Gasteiger charge is -2.38. The molecular formula is C22H39NO. The highest BCUT2D eigenvalue weighted by Crippen LogP contribution is 2.45. The number of rotatable bonds is 2. The van der Waals surface area contributed by atoms with Crippen LogP contribution < -0.4 is 0 Å². The Bertz CT molecular complexity index is 410. The van der Waals surface area contributed by atoms with Crippen molar-refractivity contribution in [2.45, 2.75) is 97.3 Å². The standard InChI is InChI=1S/C22H39NO/c1-18-9-6-11-19(12-7-10-18)17-23-16-8-14-20-13-4-3-5-15-22(20,2)21(23)24/h18-20H,3-17H2,1-2H3. The summed E-state index contributed by atoms with van der Waals surface area (Å²) in [7, 11) is 0. The highest BCUT2D eigenvalue weighted by Gasteiger charge is 2.45. The predicted molar refractivity (Wildman–Crippen MR) is 101 cm³/mol. The molecule has 1 saturated heterocycles. The van der Waals surface area contributed by atoms with Gasteiger partial charge in [0.05, 0.1) is 0 Å². The molecule has 2 heteroatoms. The Labute approximate surface area is 149 Å². The summed E-state index contributed by atoms with van der Waals surface area (Å²) in [5.74, 6) is 2.84. The van der Waals surface area contributed by atoms with Crippen LogP contribution >= 0.6 is 0 Å². The minimum absolute atomic E-state index is 0.0524. The van der Waals surface area contributed by atoms with E-state index in [0.717, 1.165) is 31.3 Å². The molecule has 2 atom stereocenters. The number of carbonyl (C=O) groups is 1. The predicted octanol–water partition coefficient (Wildman–Crippen LogP) is 5.80. The minimum atomic E-state index is -0.0524. The van der Waals surface area contributed by atoms with E-state index in [4.69, 9.17) is 0 Å². The molecule has 3 aliphatic rings. The number of fused-ring (bicyclic) bond motifs is 1. The van der Waals surface area contributed by atoms with Gasteiger partial charge in [0.1, 0.15) is 0 Å². The second kappa shape index (κ2) is 8.23. The zero-order chi connectivity index (χ0) is 17.0. The van der Waals surface area contributed by atoms with Crippen molar-refractivity contribution in [1.29, 1.82) is 0 Å². The van der Waals surface area contributed by atoms with Gasteiger partial charge in [-0.1, -0.05) is 58.8 Å². The maximum atomic E-state index is 13.5. The molecule has 0 aromatic carbocycles. The first kappa shape index (κ1) is 18.3. The quantitative estimate of drug-likeness (QED) is 0.625. The topological polar surface area (TPSA) is 20.3 Å². The molecule has 0 aromatic heterocycles. The van der Waals surface area contributed by atoms with Crippen LogP contribution in [-0.2, 0) is 4.79 Å². The third-order valence-corrected chi connectivity index (χ3v) is 7.50. The highest BCUT2D eigenvalue weighted by atomic mass is 16.2. The average molecular weight is 334 g/mol. The first-order chi connectivity index (χ1) is 11.6. The molecule has 1 aliphatic heterocycles. The van der Waals surface area contributed by atoms with E-state index < -0.39 is 0 Å². The Morgan fingerprint density at radius 1 is 0.917 bits per heavy atom. The molecule has 0 N–H and O–H groups in total. The zero-order valence-corrected chi connectivity index (χ0v) is 16.2. The third-order valence-electron chi connectivity index (χ3n) is 7.50. The van der Waals surface area contributed by atoms with E-state index in [1.165, 1.54) is 77.0 Å². The van der Waals surface area contributed by atoms with Crippen molar-refractivity contribution in [2.75, 3.05) is 13.1 Å². The SMILES string of the molecule is CC1CCCC(CN2CCCC3CCCCCC3(C)C2=O)CCC1. The number of hydrogen-bond acceptors (Lipinski definition) is 1. The van der Waals surface area contributed by atoms with E-state index in [1.807, 2.05) is 0 Å². The molecule has 0 aromatic rings. The monoisotopic (exact) mass is 333 g/mol. The van der Waals surface area contributed by atoms with Crippen molar-refractivity contribution in [3.8, 4) is 0 Å². The first-order valence-corrected chi connectivity index (χ1v) is 10.9. The van der Waals surface area contributed by atoms with Crippen LogP contribution in [0.1, 0.15) is 97.3 Å². The van der Waals surface area contributed by atoms with Gasteiger partial charge in [-0.25, -0.2) is 0 Å². The normalized spacial score (nSPS) is 39.3. The fourth-order valence-electron chi connectivity index (χ4n) is 5.79. The van der Waals surface area contributed by atoms with E-state index in [9.17, 15) is 4.79 Å². The number of nitrogens with zero attached hydrogens (tertiary/aromatic N) is 1. The molecule has 2 saturated carbocycles. The molecule has 2 nitrogen and oxygen atoms in total. The lowest BCUT2D eigenvalue weighted by Crippen LogP contribution is -2.46. The maximum Gasteiger partial charge on any atom is 0.228 e. The fourth-order valence-corrected chi connectivity index (χ4v) is 5.79. The smallest absolute Gasteiger partial charge is 0.228 e. The minimum Gasteiger partial charge on any atom is -0.342 e. The van der Waals surface area contributed by atoms with Gasteiger partial charge in [0.25, 0.3) is 0 Å². The highest BCUT2D eigenvalue weighted by molar-refractivity contribution is 5.83. The Morgan fingerprint density at radius 2 is 1.62 bits per heavy atom. The Morgan fingerprint density at radius 3 is 2.38 bits per heavy atom. The molecular weight excluding hydrogens is 294 g/mol. The number of carbonyl (C=O) groups excluding carboxylic acids is 1. The van der Waals surface area contributed by atoms with Crippen LogP contribution in [0.15, 0.2) is 0 Å². The Kier molecular flexibility index (Phi) is 6.27. The van der Waals surface area contributed by atoms with E-state index in [2.05, 4.69) is 18.7 Å². The molecule has 2 aliphatic carbocycles.